The molecule has 1 saturated carbocycles. The van der Waals surface area contributed by atoms with Crippen LogP contribution in [0.25, 0.3) is 11.1 Å². The summed E-state index contributed by atoms with van der Waals surface area (Å²) >= 11 is 0. The van der Waals surface area contributed by atoms with Gasteiger partial charge in [0.15, 0.2) is 0 Å². The van der Waals surface area contributed by atoms with Crippen LogP contribution in [0.3, 0.4) is 0 Å². The third kappa shape index (κ3) is 5.41. The number of fused-ring (bicyclic) bond motifs is 3. The number of likely N-dealkylation sites (N-methyl/N-ethyl adjacent to an activating group) is 1. The van der Waals surface area contributed by atoms with E-state index < -0.39 is 30.4 Å². The van der Waals surface area contributed by atoms with Gasteiger partial charge in [0.1, 0.15) is 12.6 Å². The topological polar surface area (TPSA) is 95.9 Å². The number of aliphatic carboxylic acids is 1. The van der Waals surface area contributed by atoms with Gasteiger partial charge in [-0.1, -0.05) is 67.8 Å². The Morgan fingerprint density at radius 3 is 2.18 bits per heavy atom. The number of alkyl carbamates (subject to hydrolysis) is 1. The van der Waals surface area contributed by atoms with Crippen LogP contribution in [0.15, 0.2) is 48.5 Å². The third-order valence-corrected chi connectivity index (χ3v) is 6.95. The molecule has 34 heavy (non-hydrogen) atoms. The second kappa shape index (κ2) is 10.7. The second-order valence-electron chi connectivity index (χ2n) is 9.34. The van der Waals surface area contributed by atoms with E-state index in [0.717, 1.165) is 47.9 Å². The molecule has 2 aliphatic rings. The van der Waals surface area contributed by atoms with Crippen LogP contribution in [0.5, 0.6) is 0 Å². The van der Waals surface area contributed by atoms with Crippen molar-refractivity contribution in [1.82, 2.24) is 10.2 Å². The fraction of sp³-hybridized carbons (Fsp3) is 0.444. The second-order valence-corrected chi connectivity index (χ2v) is 9.34. The summed E-state index contributed by atoms with van der Waals surface area (Å²) < 4.78 is 5.52. The van der Waals surface area contributed by atoms with E-state index >= 15 is 0 Å². The minimum Gasteiger partial charge on any atom is -0.481 e. The molecule has 0 radical (unpaired) electrons. The van der Waals surface area contributed by atoms with Crippen molar-refractivity contribution in [3.63, 3.8) is 0 Å². The molecule has 0 saturated heterocycles. The molecule has 7 nitrogen and oxygen atoms in total. The van der Waals surface area contributed by atoms with Crippen molar-refractivity contribution in [2.24, 2.45) is 5.92 Å². The van der Waals surface area contributed by atoms with E-state index in [1.165, 1.54) is 6.42 Å². The molecular weight excluding hydrogens is 432 g/mol. The van der Waals surface area contributed by atoms with Gasteiger partial charge >= 0.3 is 12.1 Å². The zero-order chi connectivity index (χ0) is 24.1. The Morgan fingerprint density at radius 1 is 1.00 bits per heavy atom. The number of hydrogen-bond donors (Lipinski definition) is 2. The van der Waals surface area contributed by atoms with Gasteiger partial charge in [0.2, 0.25) is 5.91 Å². The van der Waals surface area contributed by atoms with Crippen LogP contribution in [0.4, 0.5) is 4.79 Å². The molecule has 4 rings (SSSR count). The van der Waals surface area contributed by atoms with Gasteiger partial charge in [0.05, 0.1) is 6.42 Å². The first-order valence-corrected chi connectivity index (χ1v) is 12.0. The number of carbonyl (C=O) groups is 3. The predicted molar refractivity (Wildman–Crippen MR) is 128 cm³/mol. The molecule has 0 heterocycles. The molecule has 0 aromatic heterocycles. The quantitative estimate of drug-likeness (QED) is 0.603. The fourth-order valence-corrected chi connectivity index (χ4v) is 5.27. The first kappa shape index (κ1) is 23.8. The zero-order valence-corrected chi connectivity index (χ0v) is 19.5. The first-order chi connectivity index (χ1) is 16.4. The van der Waals surface area contributed by atoms with Crippen LogP contribution in [-0.2, 0) is 14.3 Å². The summed E-state index contributed by atoms with van der Waals surface area (Å²) in [4.78, 5) is 38.5. The van der Waals surface area contributed by atoms with Crippen LogP contribution >= 0.6 is 0 Å². The Balaban J connectivity index is 1.38. The Kier molecular flexibility index (Phi) is 7.50. The fourth-order valence-electron chi connectivity index (χ4n) is 5.27. The van der Waals surface area contributed by atoms with Gasteiger partial charge in [0.25, 0.3) is 0 Å². The normalized spacial score (nSPS) is 16.3. The predicted octanol–water partition coefficient (Wildman–Crippen LogP) is 4.41. The number of rotatable bonds is 8. The van der Waals surface area contributed by atoms with Gasteiger partial charge in [-0.15, -0.1) is 0 Å². The van der Waals surface area contributed by atoms with Crippen LogP contribution in [0.1, 0.15) is 55.6 Å². The molecule has 2 aromatic rings. The van der Waals surface area contributed by atoms with Crippen LogP contribution < -0.4 is 5.32 Å². The van der Waals surface area contributed by atoms with Crippen molar-refractivity contribution in [3.8, 4) is 11.1 Å². The SMILES string of the molecule is CN(CC1CCCCC1)C(=O)C(CC(=O)O)NC(=O)OCC1c2ccccc2-c2ccccc21. The lowest BCUT2D eigenvalue weighted by Gasteiger charge is -2.29. The summed E-state index contributed by atoms with van der Waals surface area (Å²) in [6, 6.07) is 14.9. The van der Waals surface area contributed by atoms with Gasteiger partial charge in [-0.05, 0) is 41.0 Å². The van der Waals surface area contributed by atoms with E-state index in [4.69, 9.17) is 4.74 Å². The van der Waals surface area contributed by atoms with E-state index in [0.29, 0.717) is 12.5 Å². The highest BCUT2D eigenvalue weighted by Gasteiger charge is 2.31. The van der Waals surface area contributed by atoms with Crippen LogP contribution in [0, 0.1) is 5.92 Å². The maximum absolute atomic E-state index is 13.0. The molecular formula is C27H32N2O5. The number of nitrogens with zero attached hydrogens (tertiary/aromatic N) is 1. The number of carboxylic acids is 1. The number of hydrogen-bond acceptors (Lipinski definition) is 4. The van der Waals surface area contributed by atoms with Crippen molar-refractivity contribution < 1.29 is 24.2 Å². The van der Waals surface area contributed by atoms with E-state index in [1.807, 2.05) is 36.4 Å². The summed E-state index contributed by atoms with van der Waals surface area (Å²) in [6.45, 7) is 0.674. The van der Waals surface area contributed by atoms with Crippen molar-refractivity contribution in [2.75, 3.05) is 20.2 Å². The van der Waals surface area contributed by atoms with E-state index in [2.05, 4.69) is 17.4 Å². The third-order valence-electron chi connectivity index (χ3n) is 6.95. The average molecular weight is 465 g/mol. The Bertz CT molecular complexity index is 1000. The van der Waals surface area contributed by atoms with E-state index in [-0.39, 0.29) is 12.5 Å². The standard InChI is InChI=1S/C27H32N2O5/c1-29(16-18-9-3-2-4-10-18)26(32)24(15-25(30)31)28-27(33)34-17-23-21-13-7-5-11-19(21)20-12-6-8-14-22(20)23/h5-8,11-14,18,23-24H,2-4,9-10,15-17H2,1H3,(H,28,33)(H,30,31). The number of carbonyl (C=O) groups excluding carboxylic acids is 2. The summed E-state index contributed by atoms with van der Waals surface area (Å²) in [5.41, 5.74) is 4.41. The molecule has 0 bridgehead atoms. The minimum atomic E-state index is -1.17. The summed E-state index contributed by atoms with van der Waals surface area (Å²) in [5.74, 6) is -1.24. The van der Waals surface area contributed by atoms with E-state index in [1.54, 1.807) is 11.9 Å². The molecule has 180 valence electrons. The molecule has 2 amide bonds. The Hall–Kier alpha value is -3.35. The van der Waals surface area contributed by atoms with Crippen molar-refractivity contribution in [3.05, 3.63) is 59.7 Å². The number of nitrogens with one attached hydrogen (secondary N) is 1. The molecule has 0 aliphatic heterocycles. The van der Waals surface area contributed by atoms with Crippen molar-refractivity contribution in [1.29, 1.82) is 0 Å². The van der Waals surface area contributed by atoms with Gasteiger partial charge in [0, 0.05) is 19.5 Å². The Labute approximate surface area is 200 Å². The lowest BCUT2D eigenvalue weighted by molar-refractivity contribution is -0.142. The molecule has 2 aromatic carbocycles. The zero-order valence-electron chi connectivity index (χ0n) is 19.5. The van der Waals surface area contributed by atoms with Gasteiger partial charge in [-0.3, -0.25) is 9.59 Å². The maximum atomic E-state index is 13.0. The average Bonchev–Trinajstić information content (AvgIpc) is 3.16. The van der Waals surface area contributed by atoms with Gasteiger partial charge in [-0.2, -0.15) is 0 Å². The number of amides is 2. The monoisotopic (exact) mass is 464 g/mol. The number of ether oxygens (including phenoxy) is 1. The Morgan fingerprint density at radius 2 is 1.59 bits per heavy atom. The molecule has 1 fully saturated rings. The molecule has 2 N–H and O–H groups in total. The van der Waals surface area contributed by atoms with Crippen molar-refractivity contribution >= 4 is 18.0 Å². The van der Waals surface area contributed by atoms with Gasteiger partial charge < -0.3 is 20.1 Å². The van der Waals surface area contributed by atoms with Crippen LogP contribution in [0.2, 0.25) is 0 Å². The molecule has 2 aliphatic carbocycles. The maximum Gasteiger partial charge on any atom is 0.407 e. The highest BCUT2D eigenvalue weighted by Crippen LogP contribution is 2.44. The highest BCUT2D eigenvalue weighted by atomic mass is 16.5. The van der Waals surface area contributed by atoms with Gasteiger partial charge in [-0.25, -0.2) is 4.79 Å². The summed E-state index contributed by atoms with van der Waals surface area (Å²) in [6.07, 6.45) is 4.40. The van der Waals surface area contributed by atoms with Crippen molar-refractivity contribution in [2.45, 2.75) is 50.5 Å². The largest absolute Gasteiger partial charge is 0.481 e. The van der Waals surface area contributed by atoms with E-state index in [9.17, 15) is 19.5 Å². The lowest BCUT2D eigenvalue weighted by atomic mass is 9.89. The smallest absolute Gasteiger partial charge is 0.407 e. The lowest BCUT2D eigenvalue weighted by Crippen LogP contribution is -2.49. The first-order valence-electron chi connectivity index (χ1n) is 12.0. The molecule has 7 heteroatoms. The number of carboxylic acid groups (broad SMARTS) is 1. The minimum absolute atomic E-state index is 0.103. The highest BCUT2D eigenvalue weighted by molar-refractivity contribution is 5.89. The molecule has 0 spiro atoms. The number of benzene rings is 2. The summed E-state index contributed by atoms with van der Waals surface area (Å²) in [5, 5.41) is 11.8. The molecule has 1 unspecified atom stereocenters. The van der Waals surface area contributed by atoms with Crippen LogP contribution in [-0.4, -0.2) is 54.2 Å². The summed E-state index contributed by atoms with van der Waals surface area (Å²) in [7, 11) is 1.67. The molecule has 1 atom stereocenters.